The summed E-state index contributed by atoms with van der Waals surface area (Å²) in [7, 11) is 0. The van der Waals surface area contributed by atoms with Crippen LogP contribution in [0.1, 0.15) is 40.5 Å². The summed E-state index contributed by atoms with van der Waals surface area (Å²) < 4.78 is 0. The van der Waals surface area contributed by atoms with E-state index >= 15 is 0 Å². The van der Waals surface area contributed by atoms with E-state index in [2.05, 4.69) is 0 Å². The van der Waals surface area contributed by atoms with Gasteiger partial charge in [-0.2, -0.15) is 0 Å². The highest BCUT2D eigenvalue weighted by Crippen LogP contribution is 1.83. The molecular formula is C9H24O3. The summed E-state index contributed by atoms with van der Waals surface area (Å²) >= 11 is 0. The highest BCUT2D eigenvalue weighted by molar-refractivity contribution is 4.43. The van der Waals surface area contributed by atoms with Gasteiger partial charge in [0, 0.05) is 6.61 Å². The summed E-state index contributed by atoms with van der Waals surface area (Å²) in [4.78, 5) is 0. The first-order valence-corrected chi connectivity index (χ1v) is 4.62. The van der Waals surface area contributed by atoms with Crippen LogP contribution in [0.25, 0.3) is 0 Å². The zero-order chi connectivity index (χ0) is 10.4. The van der Waals surface area contributed by atoms with Gasteiger partial charge >= 0.3 is 0 Å². The van der Waals surface area contributed by atoms with Crippen molar-refractivity contribution in [3.8, 4) is 0 Å². The predicted molar refractivity (Wildman–Crippen MR) is 52.1 cm³/mol. The van der Waals surface area contributed by atoms with Gasteiger partial charge in [0.25, 0.3) is 0 Å². The van der Waals surface area contributed by atoms with Crippen LogP contribution in [0.2, 0.25) is 0 Å². The molecule has 3 N–H and O–H groups in total. The molecule has 1 atom stereocenters. The number of hydrogen-bond donors (Lipinski definition) is 3. The summed E-state index contributed by atoms with van der Waals surface area (Å²) in [5, 5.41) is 24.4. The molecule has 0 fully saturated rings. The van der Waals surface area contributed by atoms with Gasteiger partial charge in [0.1, 0.15) is 0 Å². The Morgan fingerprint density at radius 3 is 1.42 bits per heavy atom. The fraction of sp³-hybridized carbons (Fsp3) is 1.00. The van der Waals surface area contributed by atoms with Gasteiger partial charge in [0.2, 0.25) is 0 Å². The van der Waals surface area contributed by atoms with Gasteiger partial charge in [-0.05, 0) is 12.8 Å². The van der Waals surface area contributed by atoms with Crippen LogP contribution in [0, 0.1) is 0 Å². The van der Waals surface area contributed by atoms with E-state index in [1.165, 1.54) is 0 Å². The van der Waals surface area contributed by atoms with Crippen LogP contribution in [-0.2, 0) is 0 Å². The molecule has 0 aliphatic rings. The molecule has 0 spiro atoms. The second kappa shape index (κ2) is 22.4. The van der Waals surface area contributed by atoms with Crippen molar-refractivity contribution in [1.82, 2.24) is 0 Å². The maximum atomic E-state index is 8.42. The van der Waals surface area contributed by atoms with Crippen molar-refractivity contribution in [2.45, 2.75) is 46.6 Å². The fourth-order valence-electron chi connectivity index (χ4n) is 0.129. The molecule has 78 valence electrons. The molecule has 0 aromatic carbocycles. The standard InChI is InChI=1S/C4H10O2.C3H8O.C2H6/c1-2-4(6)3-5;1-2-3-4;1-2/h4-6H,2-3H2,1H3;4H,2-3H2,1H3;1-2H3. The second-order valence-corrected chi connectivity index (χ2v) is 1.97. The molecule has 3 nitrogen and oxygen atoms in total. The van der Waals surface area contributed by atoms with Crippen molar-refractivity contribution in [3.05, 3.63) is 0 Å². The molecule has 0 radical (unpaired) electrons. The highest BCUT2D eigenvalue weighted by atomic mass is 16.3. The van der Waals surface area contributed by atoms with E-state index in [1.807, 2.05) is 27.7 Å². The lowest BCUT2D eigenvalue weighted by Crippen LogP contribution is -2.08. The summed E-state index contributed by atoms with van der Waals surface area (Å²) in [6.45, 7) is 7.96. The Labute approximate surface area is 76.1 Å². The van der Waals surface area contributed by atoms with Crippen LogP contribution in [0.3, 0.4) is 0 Å². The lowest BCUT2D eigenvalue weighted by Gasteiger charge is -1.97. The summed E-state index contributed by atoms with van der Waals surface area (Å²) in [6, 6.07) is 0. The zero-order valence-corrected chi connectivity index (χ0v) is 8.75. The Morgan fingerprint density at radius 2 is 1.42 bits per heavy atom. The van der Waals surface area contributed by atoms with Crippen molar-refractivity contribution in [3.63, 3.8) is 0 Å². The van der Waals surface area contributed by atoms with Crippen LogP contribution in [0.15, 0.2) is 0 Å². The molecule has 0 aromatic rings. The maximum Gasteiger partial charge on any atom is 0.0768 e. The average Bonchev–Trinajstić information content (AvgIpc) is 2.20. The van der Waals surface area contributed by atoms with Crippen LogP contribution in [-0.4, -0.2) is 34.6 Å². The third-order valence-corrected chi connectivity index (χ3v) is 0.906. The summed E-state index contributed by atoms with van der Waals surface area (Å²) in [5.74, 6) is 0. The Hall–Kier alpha value is -0.120. The third-order valence-electron chi connectivity index (χ3n) is 0.906. The minimum absolute atomic E-state index is 0.115. The fourth-order valence-corrected chi connectivity index (χ4v) is 0.129. The zero-order valence-electron chi connectivity index (χ0n) is 8.75. The van der Waals surface area contributed by atoms with E-state index in [0.29, 0.717) is 13.0 Å². The van der Waals surface area contributed by atoms with E-state index in [9.17, 15) is 0 Å². The SMILES string of the molecule is CC.CCC(O)CO.CCCO. The average molecular weight is 180 g/mol. The van der Waals surface area contributed by atoms with E-state index in [0.717, 1.165) is 6.42 Å². The Morgan fingerprint density at radius 1 is 1.08 bits per heavy atom. The number of aliphatic hydroxyl groups excluding tert-OH is 3. The first-order valence-electron chi connectivity index (χ1n) is 4.62. The molecule has 0 saturated carbocycles. The second-order valence-electron chi connectivity index (χ2n) is 1.97. The lowest BCUT2D eigenvalue weighted by atomic mass is 10.3. The summed E-state index contributed by atoms with van der Waals surface area (Å²) in [6.07, 6.45) is 1.00. The van der Waals surface area contributed by atoms with E-state index < -0.39 is 6.10 Å². The predicted octanol–water partition coefficient (Wildman–Crippen LogP) is 1.16. The molecule has 0 saturated heterocycles. The first kappa shape index (κ1) is 17.8. The van der Waals surface area contributed by atoms with E-state index in [-0.39, 0.29) is 6.61 Å². The topological polar surface area (TPSA) is 60.7 Å². The third kappa shape index (κ3) is 32.7. The highest BCUT2D eigenvalue weighted by Gasteiger charge is 1.92. The van der Waals surface area contributed by atoms with Crippen molar-refractivity contribution in [2.24, 2.45) is 0 Å². The molecule has 0 amide bonds. The molecule has 0 aliphatic heterocycles. The molecule has 0 rings (SSSR count). The van der Waals surface area contributed by atoms with Crippen LogP contribution in [0.4, 0.5) is 0 Å². The lowest BCUT2D eigenvalue weighted by molar-refractivity contribution is 0.0923. The Balaban J connectivity index is -0.000000118. The number of aliphatic hydroxyl groups is 3. The quantitative estimate of drug-likeness (QED) is 0.611. The van der Waals surface area contributed by atoms with Crippen molar-refractivity contribution >= 4 is 0 Å². The van der Waals surface area contributed by atoms with Gasteiger partial charge in [-0.25, -0.2) is 0 Å². The minimum atomic E-state index is -0.509. The summed E-state index contributed by atoms with van der Waals surface area (Å²) in [5.41, 5.74) is 0. The normalized spacial score (nSPS) is 10.2. The van der Waals surface area contributed by atoms with Gasteiger partial charge in [0.15, 0.2) is 0 Å². The monoisotopic (exact) mass is 180 g/mol. The van der Waals surface area contributed by atoms with Gasteiger partial charge in [-0.15, -0.1) is 0 Å². The largest absolute Gasteiger partial charge is 0.396 e. The minimum Gasteiger partial charge on any atom is -0.396 e. The maximum absolute atomic E-state index is 8.42. The molecule has 3 heteroatoms. The molecule has 0 aliphatic carbocycles. The van der Waals surface area contributed by atoms with Crippen molar-refractivity contribution < 1.29 is 15.3 Å². The van der Waals surface area contributed by atoms with Crippen LogP contribution >= 0.6 is 0 Å². The molecule has 1 unspecified atom stereocenters. The molecular weight excluding hydrogens is 156 g/mol. The van der Waals surface area contributed by atoms with Crippen molar-refractivity contribution in [1.29, 1.82) is 0 Å². The Bertz CT molecular complexity index is 43.0. The molecule has 12 heavy (non-hydrogen) atoms. The van der Waals surface area contributed by atoms with Crippen LogP contribution < -0.4 is 0 Å². The molecule has 0 heterocycles. The smallest absolute Gasteiger partial charge is 0.0768 e. The molecule has 0 bridgehead atoms. The first-order chi connectivity index (χ1) is 5.72. The number of hydrogen-bond acceptors (Lipinski definition) is 3. The molecule has 0 aromatic heterocycles. The van der Waals surface area contributed by atoms with E-state index in [1.54, 1.807) is 0 Å². The van der Waals surface area contributed by atoms with Gasteiger partial charge in [0.05, 0.1) is 12.7 Å². The van der Waals surface area contributed by atoms with Gasteiger partial charge in [-0.3, -0.25) is 0 Å². The Kier molecular flexibility index (Phi) is 33.3. The van der Waals surface area contributed by atoms with Gasteiger partial charge in [-0.1, -0.05) is 27.7 Å². The number of rotatable bonds is 3. The van der Waals surface area contributed by atoms with E-state index in [4.69, 9.17) is 15.3 Å². The van der Waals surface area contributed by atoms with Crippen LogP contribution in [0.5, 0.6) is 0 Å². The van der Waals surface area contributed by atoms with Crippen molar-refractivity contribution in [2.75, 3.05) is 13.2 Å². The van der Waals surface area contributed by atoms with Gasteiger partial charge < -0.3 is 15.3 Å².